The first-order valence-corrected chi connectivity index (χ1v) is 4.59. The number of hydrogen-bond acceptors (Lipinski definition) is 2. The van der Waals surface area contributed by atoms with Crippen LogP contribution in [0, 0.1) is 0 Å². The van der Waals surface area contributed by atoms with Crippen molar-refractivity contribution < 1.29 is 4.74 Å². The van der Waals surface area contributed by atoms with E-state index in [0.29, 0.717) is 6.61 Å². The minimum atomic E-state index is 0.703. The zero-order valence-electron chi connectivity index (χ0n) is 7.96. The smallest absolute Gasteiger partial charge is 0.119 e. The van der Waals surface area contributed by atoms with Crippen LogP contribution in [0.15, 0.2) is 24.3 Å². The summed E-state index contributed by atoms with van der Waals surface area (Å²) in [6.07, 6.45) is 0. The molecule has 72 valence electrons. The molecule has 1 rings (SSSR count). The maximum atomic E-state index is 5.73. The van der Waals surface area contributed by atoms with Crippen molar-refractivity contribution in [2.24, 2.45) is 0 Å². The molecule has 13 heavy (non-hydrogen) atoms. The molecule has 0 radical (unpaired) electrons. The molecule has 0 heterocycles. The fourth-order valence-corrected chi connectivity index (χ4v) is 1.00. The van der Waals surface area contributed by atoms with Crippen LogP contribution in [0.1, 0.15) is 0 Å². The van der Waals surface area contributed by atoms with Gasteiger partial charge in [0.05, 0.1) is 0 Å². The molecule has 0 N–H and O–H groups in total. The van der Waals surface area contributed by atoms with E-state index in [1.807, 2.05) is 38.4 Å². The first-order valence-electron chi connectivity index (χ1n) is 4.21. The van der Waals surface area contributed by atoms with E-state index in [2.05, 4.69) is 4.90 Å². The molecule has 0 amide bonds. The maximum Gasteiger partial charge on any atom is 0.119 e. The quantitative estimate of drug-likeness (QED) is 0.738. The Morgan fingerprint density at radius 3 is 2.38 bits per heavy atom. The standard InChI is InChI=1S/C10H14ClNO/c1-12(2)7-8-13-10-5-3-9(11)4-6-10/h3-6H,7-8H2,1-2H3. The molecule has 0 spiro atoms. The highest BCUT2D eigenvalue weighted by Gasteiger charge is 1.94. The van der Waals surface area contributed by atoms with Gasteiger partial charge in [0.1, 0.15) is 12.4 Å². The largest absolute Gasteiger partial charge is 0.492 e. The van der Waals surface area contributed by atoms with Crippen molar-refractivity contribution in [2.75, 3.05) is 27.2 Å². The van der Waals surface area contributed by atoms with E-state index in [1.165, 1.54) is 0 Å². The molecule has 0 aliphatic carbocycles. The lowest BCUT2D eigenvalue weighted by Crippen LogP contribution is -2.19. The van der Waals surface area contributed by atoms with Gasteiger partial charge in [0, 0.05) is 11.6 Å². The Morgan fingerprint density at radius 2 is 1.85 bits per heavy atom. The van der Waals surface area contributed by atoms with Gasteiger partial charge < -0.3 is 9.64 Å². The van der Waals surface area contributed by atoms with Crippen molar-refractivity contribution in [3.8, 4) is 5.75 Å². The summed E-state index contributed by atoms with van der Waals surface area (Å²) in [6, 6.07) is 7.40. The summed E-state index contributed by atoms with van der Waals surface area (Å²) in [6.45, 7) is 1.62. The van der Waals surface area contributed by atoms with Gasteiger partial charge in [-0.2, -0.15) is 0 Å². The second kappa shape index (κ2) is 5.10. The summed E-state index contributed by atoms with van der Waals surface area (Å²) in [5, 5.41) is 0.736. The van der Waals surface area contributed by atoms with Gasteiger partial charge in [-0.3, -0.25) is 0 Å². The van der Waals surface area contributed by atoms with Crippen molar-refractivity contribution >= 4 is 11.6 Å². The van der Waals surface area contributed by atoms with E-state index in [1.54, 1.807) is 0 Å². The van der Waals surface area contributed by atoms with Crippen LogP contribution in [-0.4, -0.2) is 32.1 Å². The second-order valence-corrected chi connectivity index (χ2v) is 3.54. The van der Waals surface area contributed by atoms with Crippen molar-refractivity contribution in [2.45, 2.75) is 0 Å². The summed E-state index contributed by atoms with van der Waals surface area (Å²) in [7, 11) is 4.04. The summed E-state index contributed by atoms with van der Waals surface area (Å²) < 4.78 is 5.47. The molecule has 0 saturated heterocycles. The Hall–Kier alpha value is -0.730. The lowest BCUT2D eigenvalue weighted by molar-refractivity contribution is 0.261. The fraction of sp³-hybridized carbons (Fsp3) is 0.400. The van der Waals surface area contributed by atoms with Gasteiger partial charge in [-0.15, -0.1) is 0 Å². The normalized spacial score (nSPS) is 10.5. The Morgan fingerprint density at radius 1 is 1.23 bits per heavy atom. The van der Waals surface area contributed by atoms with Crippen molar-refractivity contribution in [1.82, 2.24) is 4.90 Å². The molecule has 0 aliphatic heterocycles. The zero-order chi connectivity index (χ0) is 9.68. The van der Waals surface area contributed by atoms with E-state index in [9.17, 15) is 0 Å². The monoisotopic (exact) mass is 199 g/mol. The van der Waals surface area contributed by atoms with Crippen LogP contribution < -0.4 is 4.74 Å². The molecule has 2 nitrogen and oxygen atoms in total. The fourth-order valence-electron chi connectivity index (χ4n) is 0.877. The van der Waals surface area contributed by atoms with Crippen molar-refractivity contribution in [3.05, 3.63) is 29.3 Å². The van der Waals surface area contributed by atoms with Gasteiger partial charge >= 0.3 is 0 Å². The molecule has 1 aromatic carbocycles. The first kappa shape index (κ1) is 10.4. The van der Waals surface area contributed by atoms with Crippen LogP contribution in [0.5, 0.6) is 5.75 Å². The molecule has 0 fully saturated rings. The first-order chi connectivity index (χ1) is 6.18. The highest BCUT2D eigenvalue weighted by Crippen LogP contribution is 2.15. The van der Waals surface area contributed by atoms with Crippen molar-refractivity contribution in [1.29, 1.82) is 0 Å². The van der Waals surface area contributed by atoms with Gasteiger partial charge in [-0.05, 0) is 38.4 Å². The van der Waals surface area contributed by atoms with E-state index in [-0.39, 0.29) is 0 Å². The molecule has 1 aromatic rings. The number of likely N-dealkylation sites (N-methyl/N-ethyl adjacent to an activating group) is 1. The van der Waals surface area contributed by atoms with Crippen molar-refractivity contribution in [3.63, 3.8) is 0 Å². The number of ether oxygens (including phenoxy) is 1. The maximum absolute atomic E-state index is 5.73. The molecular weight excluding hydrogens is 186 g/mol. The summed E-state index contributed by atoms with van der Waals surface area (Å²) >= 11 is 5.73. The predicted molar refractivity (Wildman–Crippen MR) is 55.5 cm³/mol. The Bertz CT molecular complexity index is 246. The van der Waals surface area contributed by atoms with Gasteiger partial charge in [0.15, 0.2) is 0 Å². The molecule has 3 heteroatoms. The Labute approximate surface area is 84.1 Å². The molecule has 0 atom stereocenters. The SMILES string of the molecule is CN(C)CCOc1ccc(Cl)cc1. The van der Waals surface area contributed by atoms with E-state index in [4.69, 9.17) is 16.3 Å². The number of nitrogens with zero attached hydrogens (tertiary/aromatic N) is 1. The molecule has 0 aromatic heterocycles. The number of rotatable bonds is 4. The Kier molecular flexibility index (Phi) is 4.06. The average molecular weight is 200 g/mol. The molecule has 0 aliphatic rings. The third-order valence-corrected chi connectivity index (χ3v) is 1.87. The summed E-state index contributed by atoms with van der Waals surface area (Å²) in [4.78, 5) is 2.08. The molecule has 0 saturated carbocycles. The number of benzene rings is 1. The topological polar surface area (TPSA) is 12.5 Å². The van der Waals surface area contributed by atoms with E-state index < -0.39 is 0 Å². The summed E-state index contributed by atoms with van der Waals surface area (Å²) in [5.41, 5.74) is 0. The minimum Gasteiger partial charge on any atom is -0.492 e. The molecular formula is C10H14ClNO. The minimum absolute atomic E-state index is 0.703. The van der Waals surface area contributed by atoms with Crippen LogP contribution in [-0.2, 0) is 0 Å². The lowest BCUT2D eigenvalue weighted by Gasteiger charge is -2.10. The van der Waals surface area contributed by atoms with Crippen LogP contribution in [0.3, 0.4) is 0 Å². The van der Waals surface area contributed by atoms with Crippen LogP contribution in [0.25, 0.3) is 0 Å². The third-order valence-electron chi connectivity index (χ3n) is 1.62. The lowest BCUT2D eigenvalue weighted by atomic mass is 10.3. The molecule has 0 unspecified atom stereocenters. The number of halogens is 1. The predicted octanol–water partition coefficient (Wildman–Crippen LogP) is 2.28. The van der Waals surface area contributed by atoms with Gasteiger partial charge in [0.2, 0.25) is 0 Å². The van der Waals surface area contributed by atoms with E-state index in [0.717, 1.165) is 17.3 Å². The third kappa shape index (κ3) is 4.15. The summed E-state index contributed by atoms with van der Waals surface area (Å²) in [5.74, 6) is 0.867. The zero-order valence-corrected chi connectivity index (χ0v) is 8.71. The van der Waals surface area contributed by atoms with Gasteiger partial charge in [-0.25, -0.2) is 0 Å². The number of hydrogen-bond donors (Lipinski definition) is 0. The van der Waals surface area contributed by atoms with Crippen LogP contribution in [0.2, 0.25) is 5.02 Å². The molecule has 0 bridgehead atoms. The van der Waals surface area contributed by atoms with Crippen LogP contribution in [0.4, 0.5) is 0 Å². The Balaban J connectivity index is 2.33. The average Bonchev–Trinajstić information content (AvgIpc) is 2.08. The second-order valence-electron chi connectivity index (χ2n) is 3.11. The van der Waals surface area contributed by atoms with Gasteiger partial charge in [0.25, 0.3) is 0 Å². The highest BCUT2D eigenvalue weighted by molar-refractivity contribution is 6.30. The van der Waals surface area contributed by atoms with Crippen LogP contribution >= 0.6 is 11.6 Å². The highest BCUT2D eigenvalue weighted by atomic mass is 35.5. The van der Waals surface area contributed by atoms with E-state index >= 15 is 0 Å². The van der Waals surface area contributed by atoms with Gasteiger partial charge in [-0.1, -0.05) is 11.6 Å².